The van der Waals surface area contributed by atoms with Crippen LogP contribution in [0.4, 0.5) is 0 Å². The molecule has 1 amide bonds. The van der Waals surface area contributed by atoms with Crippen molar-refractivity contribution in [2.24, 2.45) is 5.73 Å². The first-order valence-electron chi connectivity index (χ1n) is 6.13. The first kappa shape index (κ1) is 17.7. The fourth-order valence-electron chi connectivity index (χ4n) is 1.71. The molecule has 2 rings (SSSR count). The second kappa shape index (κ2) is 6.58. The van der Waals surface area contributed by atoms with E-state index in [-0.39, 0.29) is 11.9 Å². The van der Waals surface area contributed by atoms with Gasteiger partial charge in [-0.05, 0) is 24.6 Å². The predicted octanol–water partition coefficient (Wildman–Crippen LogP) is 0.946. The molecule has 5 N–H and O–H groups in total. The van der Waals surface area contributed by atoms with Gasteiger partial charge in [0.1, 0.15) is 5.69 Å². The number of amides is 1. The standard InChI is InChI=1S/C12H14N4O.CH4O3S/c1-7-4-3-5-9-8(7)6-10(15-9)11(17)16(2)12(13)14;1-5(2,3)4/h3-6,15H,1-2H3,(H3,13,14);1H3,(H,2,3,4). The minimum Gasteiger partial charge on any atom is -0.370 e. The maximum Gasteiger partial charge on any atom is 0.276 e. The lowest BCUT2D eigenvalue weighted by atomic mass is 10.1. The molecular formula is C13H18N4O4S. The van der Waals surface area contributed by atoms with Crippen LogP contribution in [0.2, 0.25) is 0 Å². The molecule has 9 heteroatoms. The van der Waals surface area contributed by atoms with Gasteiger partial charge in [0.15, 0.2) is 5.96 Å². The van der Waals surface area contributed by atoms with Gasteiger partial charge >= 0.3 is 0 Å². The number of aryl methyl sites for hydroxylation is 1. The average molecular weight is 326 g/mol. The third-order valence-corrected chi connectivity index (χ3v) is 2.78. The van der Waals surface area contributed by atoms with E-state index in [9.17, 15) is 13.2 Å². The topological polar surface area (TPSA) is 140 Å². The average Bonchev–Trinajstić information content (AvgIpc) is 2.80. The van der Waals surface area contributed by atoms with Gasteiger partial charge in [0.05, 0.1) is 6.26 Å². The molecule has 2 aromatic rings. The Bertz CT molecular complexity index is 803. The Kier molecular flexibility index (Phi) is 5.28. The van der Waals surface area contributed by atoms with Crippen molar-refractivity contribution in [3.8, 4) is 0 Å². The van der Waals surface area contributed by atoms with Crippen LogP contribution < -0.4 is 5.73 Å². The van der Waals surface area contributed by atoms with Gasteiger partial charge in [-0.25, -0.2) is 0 Å². The number of fused-ring (bicyclic) bond motifs is 1. The fourth-order valence-corrected chi connectivity index (χ4v) is 1.71. The minimum absolute atomic E-state index is 0.273. The molecule has 0 spiro atoms. The van der Waals surface area contributed by atoms with Crippen molar-refractivity contribution in [2.75, 3.05) is 13.3 Å². The highest BCUT2D eigenvalue weighted by Gasteiger charge is 2.16. The van der Waals surface area contributed by atoms with E-state index in [1.54, 1.807) is 6.07 Å². The summed E-state index contributed by atoms with van der Waals surface area (Å²) in [6, 6.07) is 7.61. The predicted molar refractivity (Wildman–Crippen MR) is 84.5 cm³/mol. The van der Waals surface area contributed by atoms with E-state index in [0.717, 1.165) is 21.4 Å². The molecule has 8 nitrogen and oxygen atoms in total. The third kappa shape index (κ3) is 4.86. The summed E-state index contributed by atoms with van der Waals surface area (Å²) in [5, 5.41) is 8.23. The summed E-state index contributed by atoms with van der Waals surface area (Å²) in [6.07, 6.45) is 0.715. The molecule has 1 aromatic heterocycles. The number of guanidine groups is 1. The molecular weight excluding hydrogens is 308 g/mol. The summed E-state index contributed by atoms with van der Waals surface area (Å²) in [7, 11) is -2.19. The minimum atomic E-state index is -3.67. The molecule has 0 aliphatic rings. The number of nitrogens with two attached hydrogens (primary N) is 1. The molecule has 0 saturated heterocycles. The highest BCUT2D eigenvalue weighted by molar-refractivity contribution is 7.85. The van der Waals surface area contributed by atoms with Crippen molar-refractivity contribution in [1.29, 1.82) is 5.41 Å². The Balaban J connectivity index is 0.000000422. The van der Waals surface area contributed by atoms with Crippen molar-refractivity contribution in [3.63, 3.8) is 0 Å². The Morgan fingerprint density at radius 1 is 1.41 bits per heavy atom. The Hall–Kier alpha value is -2.39. The zero-order valence-electron chi connectivity index (χ0n) is 12.4. The second-order valence-corrected chi connectivity index (χ2v) is 6.17. The highest BCUT2D eigenvalue weighted by Crippen LogP contribution is 2.19. The van der Waals surface area contributed by atoms with Gasteiger partial charge in [-0.3, -0.25) is 19.7 Å². The van der Waals surface area contributed by atoms with Gasteiger partial charge in [0.2, 0.25) is 0 Å². The number of hydrogen-bond donors (Lipinski definition) is 4. The number of nitrogens with one attached hydrogen (secondary N) is 2. The van der Waals surface area contributed by atoms with Crippen molar-refractivity contribution in [2.45, 2.75) is 6.92 Å². The first-order valence-corrected chi connectivity index (χ1v) is 7.98. The fraction of sp³-hybridized carbons (Fsp3) is 0.231. The molecule has 0 fully saturated rings. The van der Waals surface area contributed by atoms with E-state index in [1.807, 2.05) is 25.1 Å². The molecule has 0 radical (unpaired) electrons. The number of carbonyl (C=O) groups is 1. The molecule has 0 bridgehead atoms. The van der Waals surface area contributed by atoms with Gasteiger partial charge in [-0.2, -0.15) is 8.42 Å². The van der Waals surface area contributed by atoms with Gasteiger partial charge < -0.3 is 10.7 Å². The number of rotatable bonds is 1. The summed E-state index contributed by atoms with van der Waals surface area (Å²) in [5.41, 5.74) is 7.72. The van der Waals surface area contributed by atoms with Gasteiger partial charge in [0, 0.05) is 18.0 Å². The molecule has 22 heavy (non-hydrogen) atoms. The molecule has 0 aliphatic heterocycles. The van der Waals surface area contributed by atoms with Gasteiger partial charge in [0.25, 0.3) is 16.0 Å². The summed E-state index contributed by atoms with van der Waals surface area (Å²) >= 11 is 0. The molecule has 0 unspecified atom stereocenters. The van der Waals surface area contributed by atoms with Crippen LogP contribution in [0.5, 0.6) is 0 Å². The van der Waals surface area contributed by atoms with Crippen LogP contribution in [0, 0.1) is 12.3 Å². The number of carbonyl (C=O) groups excluding carboxylic acids is 1. The third-order valence-electron chi connectivity index (χ3n) is 2.78. The Labute approximate surface area is 128 Å². The van der Waals surface area contributed by atoms with Gasteiger partial charge in [-0.1, -0.05) is 12.1 Å². The summed E-state index contributed by atoms with van der Waals surface area (Å²) in [6.45, 7) is 1.99. The zero-order valence-corrected chi connectivity index (χ0v) is 13.2. The molecule has 0 saturated carbocycles. The number of aromatic nitrogens is 1. The SMILES string of the molecule is CS(=O)(=O)O.Cc1cccc2[nH]c(C(=O)N(C)C(=N)N)cc12. The van der Waals surface area contributed by atoms with E-state index in [2.05, 4.69) is 4.98 Å². The smallest absolute Gasteiger partial charge is 0.276 e. The maximum absolute atomic E-state index is 11.9. The van der Waals surface area contributed by atoms with Crippen LogP contribution in [-0.4, -0.2) is 48.0 Å². The summed E-state index contributed by atoms with van der Waals surface area (Å²) < 4.78 is 25.9. The van der Waals surface area contributed by atoms with Crippen LogP contribution in [0.1, 0.15) is 16.1 Å². The lowest BCUT2D eigenvalue weighted by molar-refractivity contribution is 0.0864. The summed E-state index contributed by atoms with van der Waals surface area (Å²) in [5.74, 6) is -0.585. The molecule has 0 aliphatic carbocycles. The van der Waals surface area contributed by atoms with E-state index in [1.165, 1.54) is 7.05 Å². The normalized spacial score (nSPS) is 10.7. The zero-order chi connectivity index (χ0) is 17.1. The maximum atomic E-state index is 11.9. The molecule has 1 heterocycles. The van der Waals surface area contributed by atoms with Crippen LogP contribution in [-0.2, 0) is 10.1 Å². The molecule has 0 atom stereocenters. The lowest BCUT2D eigenvalue weighted by Crippen LogP contribution is -2.38. The highest BCUT2D eigenvalue weighted by atomic mass is 32.2. The van der Waals surface area contributed by atoms with E-state index in [0.29, 0.717) is 11.9 Å². The van der Waals surface area contributed by atoms with Gasteiger partial charge in [-0.15, -0.1) is 0 Å². The molecule has 1 aromatic carbocycles. The molecule has 120 valence electrons. The number of nitrogens with zero attached hydrogens (tertiary/aromatic N) is 1. The number of aromatic amines is 1. The number of hydrogen-bond acceptors (Lipinski definition) is 4. The van der Waals surface area contributed by atoms with Crippen molar-refractivity contribution in [1.82, 2.24) is 9.88 Å². The van der Waals surface area contributed by atoms with Crippen LogP contribution >= 0.6 is 0 Å². The lowest BCUT2D eigenvalue weighted by Gasteiger charge is -2.12. The Morgan fingerprint density at radius 2 is 1.95 bits per heavy atom. The Morgan fingerprint density at radius 3 is 2.41 bits per heavy atom. The van der Waals surface area contributed by atoms with Crippen molar-refractivity contribution < 1.29 is 17.8 Å². The van der Waals surface area contributed by atoms with Crippen LogP contribution in [0.25, 0.3) is 10.9 Å². The number of H-pyrrole nitrogens is 1. The number of benzene rings is 1. The largest absolute Gasteiger partial charge is 0.370 e. The van der Waals surface area contributed by atoms with Crippen molar-refractivity contribution >= 4 is 32.9 Å². The van der Waals surface area contributed by atoms with E-state index in [4.69, 9.17) is 15.7 Å². The van der Waals surface area contributed by atoms with E-state index < -0.39 is 10.1 Å². The van der Waals surface area contributed by atoms with Crippen LogP contribution in [0.3, 0.4) is 0 Å². The van der Waals surface area contributed by atoms with Crippen molar-refractivity contribution in [3.05, 3.63) is 35.5 Å². The quantitative estimate of drug-likeness (QED) is 0.351. The van der Waals surface area contributed by atoms with E-state index >= 15 is 0 Å². The first-order chi connectivity index (χ1) is 10.0. The second-order valence-electron chi connectivity index (χ2n) is 4.70. The summed E-state index contributed by atoms with van der Waals surface area (Å²) in [4.78, 5) is 16.1. The monoisotopic (exact) mass is 326 g/mol. The van der Waals surface area contributed by atoms with Crippen LogP contribution in [0.15, 0.2) is 24.3 Å².